The van der Waals surface area contributed by atoms with Crippen molar-refractivity contribution in [3.8, 4) is 11.6 Å². The van der Waals surface area contributed by atoms with Gasteiger partial charge >= 0.3 is 0 Å². The summed E-state index contributed by atoms with van der Waals surface area (Å²) in [5.74, 6) is -0.688. The van der Waals surface area contributed by atoms with Crippen molar-refractivity contribution in [3.63, 3.8) is 0 Å². The van der Waals surface area contributed by atoms with Crippen LogP contribution in [0.25, 0.3) is 0 Å². The molecule has 1 spiro atoms. The largest absolute Gasteiger partial charge is 0.490 e. The van der Waals surface area contributed by atoms with Gasteiger partial charge in [-0.25, -0.2) is 4.21 Å². The molecule has 2 aliphatic carbocycles. The molecule has 2 aliphatic heterocycles. The first-order chi connectivity index (χ1) is 25.4. The quantitative estimate of drug-likeness (QED) is 0.322. The highest BCUT2D eigenvalue weighted by atomic mass is 35.5. The molecule has 1 unspecified atom stereocenters. The van der Waals surface area contributed by atoms with Crippen molar-refractivity contribution >= 4 is 39.0 Å². The van der Waals surface area contributed by atoms with Gasteiger partial charge in [0.2, 0.25) is 5.88 Å². The van der Waals surface area contributed by atoms with E-state index in [4.69, 9.17) is 30.5 Å². The summed E-state index contributed by atoms with van der Waals surface area (Å²) in [6.45, 7) is 3.76. The molecule has 0 radical (unpaired) electrons. The molecule has 284 valence electrons. The zero-order chi connectivity index (χ0) is 37.5. The third-order valence-electron chi connectivity index (χ3n) is 11.4. The molecule has 2 bridgehead atoms. The number of nitrogens with one attached hydrogen (secondary N) is 1. The molecule has 1 N–H and O–H groups in total. The molecule has 3 heterocycles. The summed E-state index contributed by atoms with van der Waals surface area (Å²) in [6, 6.07) is 11.5. The Labute approximate surface area is 316 Å². The van der Waals surface area contributed by atoms with E-state index in [0.717, 1.165) is 49.4 Å². The zero-order valence-electron chi connectivity index (χ0n) is 30.9. The summed E-state index contributed by atoms with van der Waals surface area (Å²) in [6.07, 6.45) is 9.76. The fraction of sp³-hybridized carbons (Fsp3) is 0.513. The Morgan fingerprint density at radius 3 is 2.62 bits per heavy atom. The molecule has 4 aliphatic rings. The number of benzene rings is 2. The molecule has 1 fully saturated rings. The minimum Gasteiger partial charge on any atom is -0.490 e. The number of hydrogen-bond acceptors (Lipinski definition) is 9. The molecule has 53 heavy (non-hydrogen) atoms. The number of ether oxygens (including phenoxy) is 4. The second kappa shape index (κ2) is 15.1. The smallest absolute Gasteiger partial charge is 0.286 e. The van der Waals surface area contributed by atoms with Crippen LogP contribution in [0.1, 0.15) is 64.4 Å². The Balaban J connectivity index is 1.33. The normalized spacial score (nSPS) is 30.5. The lowest BCUT2D eigenvalue weighted by molar-refractivity contribution is 0.0120. The van der Waals surface area contributed by atoms with Crippen LogP contribution in [0.3, 0.4) is 0 Å². The van der Waals surface area contributed by atoms with Crippen LogP contribution in [0, 0.1) is 17.8 Å². The molecule has 1 saturated carbocycles. The monoisotopic (exact) mass is 765 g/mol. The van der Waals surface area contributed by atoms with Crippen molar-refractivity contribution in [1.29, 1.82) is 0 Å². The van der Waals surface area contributed by atoms with Crippen molar-refractivity contribution in [2.45, 2.75) is 56.7 Å². The molecule has 3 aromatic rings. The second-order valence-electron chi connectivity index (χ2n) is 14.9. The number of aryl methyl sites for hydroxylation is 2. The summed E-state index contributed by atoms with van der Waals surface area (Å²) in [5.41, 5.74) is 3.31. The van der Waals surface area contributed by atoms with Gasteiger partial charge in [-0.1, -0.05) is 36.7 Å². The summed E-state index contributed by atoms with van der Waals surface area (Å²) in [5, 5.41) is 4.88. The number of fused-ring (bicyclic) bond motifs is 4. The van der Waals surface area contributed by atoms with Crippen LogP contribution in [0.15, 0.2) is 59.1 Å². The number of aromatic nitrogens is 2. The molecule has 14 heteroatoms. The molecule has 12 nitrogen and oxygen atoms in total. The highest BCUT2D eigenvalue weighted by Crippen LogP contribution is 2.47. The molecule has 7 atom stereocenters. The number of carbonyl (C=O) groups is 2. The number of hydrogen-bond donors (Lipinski definition) is 1. The Bertz CT molecular complexity index is 2040. The van der Waals surface area contributed by atoms with Crippen LogP contribution < -0.4 is 19.1 Å². The molecule has 1 aromatic heterocycles. The lowest BCUT2D eigenvalue weighted by atomic mass is 9.68. The van der Waals surface area contributed by atoms with Crippen molar-refractivity contribution in [2.24, 2.45) is 29.2 Å². The van der Waals surface area contributed by atoms with Crippen molar-refractivity contribution in [1.82, 2.24) is 14.5 Å². The summed E-state index contributed by atoms with van der Waals surface area (Å²) in [4.78, 5) is 30.1. The number of anilines is 1. The minimum atomic E-state index is -3.72. The molecular weight excluding hydrogens is 718 g/mol. The first-order valence-corrected chi connectivity index (χ1v) is 20.2. The number of methoxy groups -OCH3 is 3. The first kappa shape index (κ1) is 37.4. The topological polar surface area (TPSA) is 134 Å². The van der Waals surface area contributed by atoms with Crippen LogP contribution in [0.4, 0.5) is 5.69 Å². The highest BCUT2D eigenvalue weighted by Gasteiger charge is 2.44. The molecular formula is C39H48ClN5O7S. The third-order valence-corrected chi connectivity index (χ3v) is 13.6. The fourth-order valence-corrected chi connectivity index (χ4v) is 10.7. The molecule has 7 rings (SSSR count). The standard InChI is InChI=1S/C39H48ClN5O7S/c1-24-21-53(48,43-37(47)30-20-44(2)41-38(30)51-5)42-36(46)26-9-13-35-32(18-26)45(19-27-8-11-29(27)34(50-4)15-14-33(24)49-3)22-39(23-52-35)16-6-7-25-17-28(40)10-12-31(25)39/h9-10,12-15,17-18,20,24,27,29,33-34H,6-8,11,16,19,21-23H2,1-5H3,(H,42,43,46,47,48)/b15-14-/t24-,27+,29-,33-,34+,39+,53?/m1/s1. The van der Waals surface area contributed by atoms with Crippen LogP contribution >= 0.6 is 11.6 Å². The van der Waals surface area contributed by atoms with Gasteiger partial charge in [0.25, 0.3) is 11.8 Å². The van der Waals surface area contributed by atoms with E-state index >= 15 is 0 Å². The second-order valence-corrected chi connectivity index (χ2v) is 17.3. The van der Waals surface area contributed by atoms with E-state index in [9.17, 15) is 13.8 Å². The van der Waals surface area contributed by atoms with Gasteiger partial charge < -0.3 is 23.8 Å². The summed E-state index contributed by atoms with van der Waals surface area (Å²) < 4.78 is 46.9. The van der Waals surface area contributed by atoms with Crippen molar-refractivity contribution in [3.05, 3.63) is 82.0 Å². The van der Waals surface area contributed by atoms with Gasteiger partial charge in [0.05, 0.1) is 37.4 Å². The van der Waals surface area contributed by atoms with Gasteiger partial charge in [-0.3, -0.25) is 19.0 Å². The number of carbonyl (C=O) groups excluding carboxylic acids is 2. The Morgan fingerprint density at radius 1 is 1.09 bits per heavy atom. The van der Waals surface area contributed by atoms with E-state index in [1.165, 1.54) is 29.1 Å². The zero-order valence-corrected chi connectivity index (χ0v) is 32.5. The predicted molar refractivity (Wildman–Crippen MR) is 203 cm³/mol. The predicted octanol–water partition coefficient (Wildman–Crippen LogP) is 5.77. The van der Waals surface area contributed by atoms with E-state index in [1.807, 2.05) is 31.2 Å². The van der Waals surface area contributed by atoms with Gasteiger partial charge in [-0.2, -0.15) is 0 Å². The maximum Gasteiger partial charge on any atom is 0.286 e. The van der Waals surface area contributed by atoms with Crippen LogP contribution in [-0.4, -0.2) is 84.8 Å². The maximum atomic E-state index is 14.8. The van der Waals surface area contributed by atoms with Crippen molar-refractivity contribution in [2.75, 3.05) is 51.7 Å². The van der Waals surface area contributed by atoms with Gasteiger partial charge in [0, 0.05) is 56.6 Å². The average molecular weight is 766 g/mol. The molecule has 2 aromatic carbocycles. The lowest BCUT2D eigenvalue weighted by Crippen LogP contribution is -2.49. The Kier molecular flexibility index (Phi) is 10.6. The first-order valence-electron chi connectivity index (χ1n) is 18.2. The lowest BCUT2D eigenvalue weighted by Gasteiger charge is -2.46. The van der Waals surface area contributed by atoms with E-state index in [0.29, 0.717) is 24.8 Å². The Morgan fingerprint density at radius 2 is 1.89 bits per heavy atom. The SMILES string of the molecule is COc1nn(C)cc1C(=O)NS1(=O)=NC(=O)c2ccc3c(c2)N(C[C@@H]2CC[C@H]2[C@@H](OC)/C=C\[C@@H](OC)[C@H](C)C1)C[C@@]1(CCCc2cc(Cl)ccc21)CO3. The van der Waals surface area contributed by atoms with Crippen LogP contribution in [0.2, 0.25) is 5.02 Å². The maximum absolute atomic E-state index is 14.8. The number of halogens is 1. The summed E-state index contributed by atoms with van der Waals surface area (Å²) in [7, 11) is 2.63. The van der Waals surface area contributed by atoms with E-state index < -0.39 is 33.8 Å². The van der Waals surface area contributed by atoms with Crippen LogP contribution in [0.5, 0.6) is 11.6 Å². The highest BCUT2D eigenvalue weighted by molar-refractivity contribution is 7.92. The average Bonchev–Trinajstić information content (AvgIpc) is 3.44. The van der Waals surface area contributed by atoms with Crippen molar-refractivity contribution < 1.29 is 32.7 Å². The summed E-state index contributed by atoms with van der Waals surface area (Å²) >= 11 is 6.46. The van der Waals surface area contributed by atoms with Gasteiger partial charge in [0.1, 0.15) is 21.2 Å². The third kappa shape index (κ3) is 7.45. The van der Waals surface area contributed by atoms with Gasteiger partial charge in [-0.05, 0) is 91.3 Å². The van der Waals surface area contributed by atoms with E-state index in [1.54, 1.807) is 33.4 Å². The number of rotatable bonds is 5. The van der Waals surface area contributed by atoms with E-state index in [-0.39, 0.29) is 40.2 Å². The Hall–Kier alpha value is -3.91. The fourth-order valence-electron chi connectivity index (χ4n) is 8.61. The molecule has 0 saturated heterocycles. The minimum absolute atomic E-state index is 0.0606. The number of nitrogens with zero attached hydrogens (tertiary/aromatic N) is 4. The molecule has 2 amide bonds. The van der Waals surface area contributed by atoms with Crippen LogP contribution in [-0.2, 0) is 38.3 Å². The van der Waals surface area contributed by atoms with Gasteiger partial charge in [0.15, 0.2) is 0 Å². The van der Waals surface area contributed by atoms with Gasteiger partial charge in [-0.15, -0.1) is 9.46 Å². The van der Waals surface area contributed by atoms with E-state index in [2.05, 4.69) is 31.2 Å². The number of amides is 2.